The first-order valence-corrected chi connectivity index (χ1v) is 7.12. The minimum Gasteiger partial charge on any atom is -0.497 e. The number of nitrogens with zero attached hydrogens (tertiary/aromatic N) is 1. The van der Waals surface area contributed by atoms with Crippen molar-refractivity contribution in [1.29, 1.82) is 0 Å². The highest BCUT2D eigenvalue weighted by Gasteiger charge is 2.23. The topological polar surface area (TPSA) is 33.6 Å². The van der Waals surface area contributed by atoms with Gasteiger partial charge in [-0.1, -0.05) is 37.7 Å². The SMILES string of the molecule is COc1ccc(CNC2=NCC(C)(C)CS2)cc1. The zero-order valence-corrected chi connectivity index (χ0v) is 12.0. The van der Waals surface area contributed by atoms with Crippen LogP contribution in [0.4, 0.5) is 0 Å². The van der Waals surface area contributed by atoms with Crippen molar-refractivity contribution in [1.82, 2.24) is 5.32 Å². The lowest BCUT2D eigenvalue weighted by atomic mass is 9.97. The molecule has 2 rings (SSSR count). The third-order valence-electron chi connectivity index (χ3n) is 2.85. The Balaban J connectivity index is 1.86. The normalized spacial score (nSPS) is 18.1. The number of amidine groups is 1. The van der Waals surface area contributed by atoms with Crippen molar-refractivity contribution < 1.29 is 4.74 Å². The maximum absolute atomic E-state index is 5.14. The van der Waals surface area contributed by atoms with Gasteiger partial charge in [0.15, 0.2) is 5.17 Å². The maximum Gasteiger partial charge on any atom is 0.156 e. The molecular formula is C14H20N2OS. The number of aliphatic imine (C=N–C) groups is 1. The first-order chi connectivity index (χ1) is 8.59. The highest BCUT2D eigenvalue weighted by molar-refractivity contribution is 8.13. The van der Waals surface area contributed by atoms with Crippen molar-refractivity contribution in [2.45, 2.75) is 20.4 Å². The second kappa shape index (κ2) is 5.65. The molecule has 1 aliphatic heterocycles. The molecule has 4 heteroatoms. The number of methoxy groups -OCH3 is 1. The number of rotatable bonds is 3. The van der Waals surface area contributed by atoms with Crippen LogP contribution >= 0.6 is 11.8 Å². The summed E-state index contributed by atoms with van der Waals surface area (Å²) in [6, 6.07) is 8.11. The van der Waals surface area contributed by atoms with E-state index in [0.29, 0.717) is 5.41 Å². The third-order valence-corrected chi connectivity index (χ3v) is 4.33. The van der Waals surface area contributed by atoms with Crippen molar-refractivity contribution >= 4 is 16.9 Å². The second-order valence-corrected chi connectivity index (χ2v) is 6.24. The summed E-state index contributed by atoms with van der Waals surface area (Å²) in [7, 11) is 1.68. The van der Waals surface area contributed by atoms with E-state index in [-0.39, 0.29) is 0 Å². The van der Waals surface area contributed by atoms with E-state index in [0.717, 1.165) is 29.8 Å². The molecule has 0 aromatic heterocycles. The van der Waals surface area contributed by atoms with Crippen LogP contribution in [0.1, 0.15) is 19.4 Å². The Morgan fingerprint density at radius 2 is 2.06 bits per heavy atom. The van der Waals surface area contributed by atoms with Crippen LogP contribution in [0.3, 0.4) is 0 Å². The lowest BCUT2D eigenvalue weighted by Gasteiger charge is -2.27. The summed E-state index contributed by atoms with van der Waals surface area (Å²) < 4.78 is 5.14. The van der Waals surface area contributed by atoms with Gasteiger partial charge >= 0.3 is 0 Å². The van der Waals surface area contributed by atoms with Crippen LogP contribution in [0.5, 0.6) is 5.75 Å². The van der Waals surface area contributed by atoms with Crippen LogP contribution in [-0.2, 0) is 6.54 Å². The summed E-state index contributed by atoms with van der Waals surface area (Å²) in [4.78, 5) is 4.57. The molecule has 0 spiro atoms. The molecule has 18 heavy (non-hydrogen) atoms. The van der Waals surface area contributed by atoms with E-state index >= 15 is 0 Å². The average Bonchev–Trinajstić information content (AvgIpc) is 2.38. The lowest BCUT2D eigenvalue weighted by molar-refractivity contribution is 0.414. The minimum absolute atomic E-state index is 0.329. The Morgan fingerprint density at radius 3 is 2.61 bits per heavy atom. The molecule has 0 bridgehead atoms. The number of hydrogen-bond acceptors (Lipinski definition) is 4. The Labute approximate surface area is 113 Å². The standard InChI is InChI=1S/C14H20N2OS/c1-14(2)9-16-13(18-10-14)15-8-11-4-6-12(17-3)7-5-11/h4-7H,8-10H2,1-3H3,(H,15,16). The molecule has 1 N–H and O–H groups in total. The van der Waals surface area contributed by atoms with Crippen molar-refractivity contribution in [2.24, 2.45) is 10.4 Å². The van der Waals surface area contributed by atoms with Crippen LogP contribution in [0.2, 0.25) is 0 Å². The Morgan fingerprint density at radius 1 is 1.33 bits per heavy atom. The highest BCUT2D eigenvalue weighted by Crippen LogP contribution is 2.27. The molecular weight excluding hydrogens is 244 g/mol. The van der Waals surface area contributed by atoms with Gasteiger partial charge in [0.05, 0.1) is 7.11 Å². The lowest BCUT2D eigenvalue weighted by Crippen LogP contribution is -2.30. The molecule has 0 aliphatic carbocycles. The van der Waals surface area contributed by atoms with E-state index in [4.69, 9.17) is 4.74 Å². The van der Waals surface area contributed by atoms with Gasteiger partial charge in [-0.15, -0.1) is 0 Å². The van der Waals surface area contributed by atoms with Gasteiger partial charge < -0.3 is 10.1 Å². The van der Waals surface area contributed by atoms with Gasteiger partial charge in [0, 0.05) is 18.8 Å². The molecule has 0 radical (unpaired) electrons. The summed E-state index contributed by atoms with van der Waals surface area (Å²) in [5, 5.41) is 4.45. The smallest absolute Gasteiger partial charge is 0.156 e. The second-order valence-electron chi connectivity index (χ2n) is 5.28. The Bertz CT molecular complexity index is 426. The van der Waals surface area contributed by atoms with Crippen molar-refractivity contribution in [3.05, 3.63) is 29.8 Å². The van der Waals surface area contributed by atoms with Crippen molar-refractivity contribution in [3.63, 3.8) is 0 Å². The van der Waals surface area contributed by atoms with Crippen LogP contribution in [-0.4, -0.2) is 24.6 Å². The molecule has 3 nitrogen and oxygen atoms in total. The molecule has 1 aromatic carbocycles. The molecule has 0 saturated carbocycles. The monoisotopic (exact) mass is 264 g/mol. The first-order valence-electron chi connectivity index (χ1n) is 6.13. The van der Waals surface area contributed by atoms with Gasteiger partial charge in [-0.2, -0.15) is 0 Å². The van der Waals surface area contributed by atoms with E-state index in [1.807, 2.05) is 23.9 Å². The summed E-state index contributed by atoms with van der Waals surface area (Å²) in [6.07, 6.45) is 0. The fourth-order valence-corrected chi connectivity index (χ4v) is 2.62. The van der Waals surface area contributed by atoms with Crippen LogP contribution in [0.15, 0.2) is 29.3 Å². The molecule has 1 aliphatic rings. The Kier molecular flexibility index (Phi) is 4.17. The molecule has 0 fully saturated rings. The summed E-state index contributed by atoms with van der Waals surface area (Å²) in [6.45, 7) is 6.23. The van der Waals surface area contributed by atoms with E-state index < -0.39 is 0 Å². The largest absolute Gasteiger partial charge is 0.497 e. The minimum atomic E-state index is 0.329. The third kappa shape index (κ3) is 3.67. The van der Waals surface area contributed by atoms with Gasteiger partial charge in [0.2, 0.25) is 0 Å². The van der Waals surface area contributed by atoms with Crippen LogP contribution in [0, 0.1) is 5.41 Å². The number of thioether (sulfide) groups is 1. The van der Waals surface area contributed by atoms with Gasteiger partial charge in [0.25, 0.3) is 0 Å². The molecule has 0 saturated heterocycles. The van der Waals surface area contributed by atoms with Crippen molar-refractivity contribution in [2.75, 3.05) is 19.4 Å². The van der Waals surface area contributed by atoms with E-state index in [9.17, 15) is 0 Å². The highest BCUT2D eigenvalue weighted by atomic mass is 32.2. The predicted molar refractivity (Wildman–Crippen MR) is 78.4 cm³/mol. The van der Waals surface area contributed by atoms with Gasteiger partial charge in [-0.3, -0.25) is 4.99 Å². The van der Waals surface area contributed by atoms with E-state index in [2.05, 4.69) is 36.3 Å². The maximum atomic E-state index is 5.14. The van der Waals surface area contributed by atoms with E-state index in [1.54, 1.807) is 7.11 Å². The molecule has 0 amide bonds. The van der Waals surface area contributed by atoms with Gasteiger partial charge in [-0.25, -0.2) is 0 Å². The molecule has 1 aromatic rings. The fourth-order valence-electron chi connectivity index (χ4n) is 1.67. The summed E-state index contributed by atoms with van der Waals surface area (Å²) in [5.41, 5.74) is 1.57. The quantitative estimate of drug-likeness (QED) is 0.911. The van der Waals surface area contributed by atoms with Crippen LogP contribution < -0.4 is 10.1 Å². The van der Waals surface area contributed by atoms with Gasteiger partial charge in [-0.05, 0) is 23.1 Å². The number of ether oxygens (including phenoxy) is 1. The average molecular weight is 264 g/mol. The summed E-state index contributed by atoms with van der Waals surface area (Å²) >= 11 is 1.81. The van der Waals surface area contributed by atoms with Gasteiger partial charge in [0.1, 0.15) is 5.75 Å². The van der Waals surface area contributed by atoms with Crippen molar-refractivity contribution in [3.8, 4) is 5.75 Å². The molecule has 0 atom stereocenters. The first kappa shape index (κ1) is 13.3. The molecule has 1 heterocycles. The Hall–Kier alpha value is -1.16. The number of hydrogen-bond donors (Lipinski definition) is 1. The fraction of sp³-hybridized carbons (Fsp3) is 0.500. The summed E-state index contributed by atoms with van der Waals surface area (Å²) in [5.74, 6) is 2.02. The zero-order chi connectivity index (χ0) is 13.0. The molecule has 98 valence electrons. The number of nitrogens with one attached hydrogen (secondary N) is 1. The number of benzene rings is 1. The molecule has 0 unspecified atom stereocenters. The van der Waals surface area contributed by atoms with Crippen LogP contribution in [0.25, 0.3) is 0 Å². The predicted octanol–water partition coefficient (Wildman–Crippen LogP) is 2.91. The zero-order valence-electron chi connectivity index (χ0n) is 11.2. The van der Waals surface area contributed by atoms with E-state index in [1.165, 1.54) is 5.56 Å².